The molecule has 0 aliphatic rings. The lowest BCUT2D eigenvalue weighted by atomic mass is 10.1. The number of benzene rings is 1. The van der Waals surface area contributed by atoms with Gasteiger partial charge in [-0.05, 0) is 17.8 Å². The number of hydrogen-bond donors (Lipinski definition) is 2. The molecule has 0 aromatic heterocycles. The van der Waals surface area contributed by atoms with Crippen molar-refractivity contribution in [3.63, 3.8) is 0 Å². The molecule has 0 bridgehead atoms. The second-order valence-electron chi connectivity index (χ2n) is 2.57. The molecule has 3 nitrogen and oxygen atoms in total. The van der Waals surface area contributed by atoms with Crippen LogP contribution in [-0.4, -0.2) is 11.3 Å². The van der Waals surface area contributed by atoms with Crippen LogP contribution in [0.1, 0.15) is 11.1 Å². The highest BCUT2D eigenvalue weighted by Crippen LogP contribution is 2.06. The van der Waals surface area contributed by atoms with Gasteiger partial charge in [-0.15, -0.1) is 0 Å². The Hall–Kier alpha value is -1.68. The standard InChI is InChI=1S/C10H11N3S/c1-2-8-5-3-4-6-9(8)7-12-13-10(11)14/h2-7H,1H2,(H3,11,13,14)/b12-7+. The Balaban J connectivity index is 2.80. The molecule has 0 unspecified atom stereocenters. The quantitative estimate of drug-likeness (QED) is 0.446. The predicted octanol–water partition coefficient (Wildman–Crippen LogP) is 1.50. The molecule has 3 N–H and O–H groups in total. The first-order valence-corrected chi connectivity index (χ1v) is 4.45. The molecule has 4 heteroatoms. The third-order valence-corrected chi connectivity index (χ3v) is 1.69. The van der Waals surface area contributed by atoms with E-state index < -0.39 is 0 Å². The van der Waals surface area contributed by atoms with E-state index in [4.69, 9.17) is 5.73 Å². The fourth-order valence-corrected chi connectivity index (χ4v) is 1.03. The third kappa shape index (κ3) is 2.99. The molecule has 0 aliphatic heterocycles. The number of nitrogens with zero attached hydrogens (tertiary/aromatic N) is 1. The highest BCUT2D eigenvalue weighted by atomic mass is 32.1. The van der Waals surface area contributed by atoms with E-state index in [1.54, 1.807) is 12.3 Å². The molecule has 0 radical (unpaired) electrons. The zero-order valence-corrected chi connectivity index (χ0v) is 8.42. The summed E-state index contributed by atoms with van der Waals surface area (Å²) in [5.41, 5.74) is 9.68. The van der Waals surface area contributed by atoms with Crippen LogP contribution in [0.25, 0.3) is 6.08 Å². The van der Waals surface area contributed by atoms with E-state index in [0.717, 1.165) is 11.1 Å². The minimum absolute atomic E-state index is 0.150. The second-order valence-corrected chi connectivity index (χ2v) is 3.01. The number of rotatable bonds is 3. The van der Waals surface area contributed by atoms with Crippen LogP contribution >= 0.6 is 12.2 Å². The van der Waals surface area contributed by atoms with Crippen molar-refractivity contribution in [1.82, 2.24) is 5.43 Å². The minimum Gasteiger partial charge on any atom is -0.375 e. The van der Waals surface area contributed by atoms with Gasteiger partial charge < -0.3 is 5.73 Å². The van der Waals surface area contributed by atoms with E-state index in [0.29, 0.717) is 0 Å². The van der Waals surface area contributed by atoms with Crippen LogP contribution in [0.2, 0.25) is 0 Å². The Kier molecular flexibility index (Phi) is 3.82. The van der Waals surface area contributed by atoms with Crippen molar-refractivity contribution in [3.8, 4) is 0 Å². The lowest BCUT2D eigenvalue weighted by Gasteiger charge is -1.99. The molecule has 0 fully saturated rings. The normalized spacial score (nSPS) is 10.0. The van der Waals surface area contributed by atoms with E-state index >= 15 is 0 Å². The van der Waals surface area contributed by atoms with Gasteiger partial charge in [0.2, 0.25) is 0 Å². The average molecular weight is 205 g/mol. The number of hydrogen-bond acceptors (Lipinski definition) is 2. The molecule has 0 spiro atoms. The molecule has 0 aliphatic carbocycles. The number of nitrogens with two attached hydrogens (primary N) is 1. The summed E-state index contributed by atoms with van der Waals surface area (Å²) < 4.78 is 0. The van der Waals surface area contributed by atoms with Gasteiger partial charge in [-0.25, -0.2) is 0 Å². The number of thiocarbonyl (C=S) groups is 1. The van der Waals surface area contributed by atoms with Crippen molar-refractivity contribution in [3.05, 3.63) is 42.0 Å². The van der Waals surface area contributed by atoms with Gasteiger partial charge in [-0.3, -0.25) is 5.43 Å². The van der Waals surface area contributed by atoms with Gasteiger partial charge in [-0.1, -0.05) is 36.9 Å². The molecule has 0 atom stereocenters. The topological polar surface area (TPSA) is 50.4 Å². The van der Waals surface area contributed by atoms with Gasteiger partial charge in [0.15, 0.2) is 5.11 Å². The largest absolute Gasteiger partial charge is 0.375 e. The zero-order chi connectivity index (χ0) is 10.4. The first kappa shape index (κ1) is 10.4. The van der Waals surface area contributed by atoms with Crippen LogP contribution in [-0.2, 0) is 0 Å². The molecule has 1 aromatic carbocycles. The SMILES string of the molecule is C=Cc1ccccc1/C=N/NC(N)=S. The maximum atomic E-state index is 5.21. The zero-order valence-electron chi connectivity index (χ0n) is 7.60. The summed E-state index contributed by atoms with van der Waals surface area (Å²) >= 11 is 4.60. The summed E-state index contributed by atoms with van der Waals surface area (Å²) in [6.07, 6.45) is 3.41. The van der Waals surface area contributed by atoms with Crippen LogP contribution in [0.4, 0.5) is 0 Å². The van der Waals surface area contributed by atoms with Crippen LogP contribution < -0.4 is 11.2 Å². The molecule has 0 saturated carbocycles. The average Bonchev–Trinajstić information content (AvgIpc) is 2.18. The van der Waals surface area contributed by atoms with Crippen molar-refractivity contribution in [2.45, 2.75) is 0 Å². The molecule has 1 aromatic rings. The van der Waals surface area contributed by atoms with Crippen LogP contribution in [0.15, 0.2) is 35.9 Å². The van der Waals surface area contributed by atoms with E-state index in [-0.39, 0.29) is 5.11 Å². The van der Waals surface area contributed by atoms with Gasteiger partial charge in [0, 0.05) is 5.56 Å². The first-order valence-electron chi connectivity index (χ1n) is 4.04. The van der Waals surface area contributed by atoms with E-state index in [2.05, 4.69) is 29.3 Å². The fourth-order valence-electron chi connectivity index (χ4n) is 0.980. The highest BCUT2D eigenvalue weighted by molar-refractivity contribution is 7.80. The summed E-state index contributed by atoms with van der Waals surface area (Å²) in [5.74, 6) is 0. The van der Waals surface area contributed by atoms with Crippen molar-refractivity contribution in [2.75, 3.05) is 0 Å². The van der Waals surface area contributed by atoms with Crippen molar-refractivity contribution >= 4 is 29.6 Å². The Morgan fingerprint density at radius 3 is 2.64 bits per heavy atom. The van der Waals surface area contributed by atoms with E-state index in [1.807, 2.05) is 24.3 Å². The molecule has 1 rings (SSSR count). The summed E-state index contributed by atoms with van der Waals surface area (Å²) in [6, 6.07) is 7.75. The smallest absolute Gasteiger partial charge is 0.184 e. The Labute approximate surface area is 88.3 Å². The Morgan fingerprint density at radius 2 is 2.07 bits per heavy atom. The summed E-state index contributed by atoms with van der Waals surface area (Å²) in [7, 11) is 0. The van der Waals surface area contributed by atoms with Crippen molar-refractivity contribution in [2.24, 2.45) is 10.8 Å². The van der Waals surface area contributed by atoms with E-state index in [9.17, 15) is 0 Å². The third-order valence-electron chi connectivity index (χ3n) is 1.59. The van der Waals surface area contributed by atoms with Gasteiger partial charge in [0.1, 0.15) is 0 Å². The molecule has 0 amide bonds. The summed E-state index contributed by atoms with van der Waals surface area (Å²) in [6.45, 7) is 3.70. The molecular formula is C10H11N3S. The van der Waals surface area contributed by atoms with Crippen molar-refractivity contribution in [1.29, 1.82) is 0 Å². The Bertz CT molecular complexity index is 371. The molecule has 0 heterocycles. The number of hydrazone groups is 1. The van der Waals surface area contributed by atoms with Gasteiger partial charge in [-0.2, -0.15) is 5.10 Å². The van der Waals surface area contributed by atoms with Crippen LogP contribution in [0, 0.1) is 0 Å². The van der Waals surface area contributed by atoms with Crippen molar-refractivity contribution < 1.29 is 0 Å². The van der Waals surface area contributed by atoms with Crippen LogP contribution in [0.3, 0.4) is 0 Å². The maximum absolute atomic E-state index is 5.21. The number of nitrogens with one attached hydrogen (secondary N) is 1. The lowest BCUT2D eigenvalue weighted by Crippen LogP contribution is -2.24. The molecule has 0 saturated heterocycles. The lowest BCUT2D eigenvalue weighted by molar-refractivity contribution is 1.04. The summed E-state index contributed by atoms with van der Waals surface area (Å²) in [5, 5.41) is 4.01. The Morgan fingerprint density at radius 1 is 1.43 bits per heavy atom. The second kappa shape index (κ2) is 5.14. The predicted molar refractivity (Wildman–Crippen MR) is 64.0 cm³/mol. The van der Waals surface area contributed by atoms with Gasteiger partial charge >= 0.3 is 0 Å². The first-order chi connectivity index (χ1) is 6.74. The van der Waals surface area contributed by atoms with E-state index in [1.165, 1.54) is 0 Å². The van der Waals surface area contributed by atoms with Gasteiger partial charge in [0.05, 0.1) is 6.21 Å². The van der Waals surface area contributed by atoms with Gasteiger partial charge in [0.25, 0.3) is 0 Å². The highest BCUT2D eigenvalue weighted by Gasteiger charge is 1.92. The maximum Gasteiger partial charge on any atom is 0.184 e. The van der Waals surface area contributed by atoms with Crippen LogP contribution in [0.5, 0.6) is 0 Å². The molecule has 72 valence electrons. The summed E-state index contributed by atoms with van der Waals surface area (Å²) in [4.78, 5) is 0. The molecule has 14 heavy (non-hydrogen) atoms. The molecular weight excluding hydrogens is 194 g/mol. The minimum atomic E-state index is 0.150. The fraction of sp³-hybridized carbons (Fsp3) is 0. The monoisotopic (exact) mass is 205 g/mol.